The Morgan fingerprint density at radius 3 is 2.58 bits per heavy atom. The molecule has 4 heterocycles. The number of nitrogens with one attached hydrogen (secondary N) is 1. The molecule has 1 N–H and O–H groups in total. The number of aromatic nitrogens is 2. The zero-order valence-corrected chi connectivity index (χ0v) is 18.2. The maximum atomic E-state index is 12.5. The van der Waals surface area contributed by atoms with Crippen molar-refractivity contribution in [2.24, 2.45) is 5.92 Å². The Bertz CT molecular complexity index is 881. The van der Waals surface area contributed by atoms with E-state index in [1.165, 1.54) is 5.56 Å². The van der Waals surface area contributed by atoms with Gasteiger partial charge in [0, 0.05) is 51.2 Å². The van der Waals surface area contributed by atoms with Gasteiger partial charge < -0.3 is 15.1 Å². The highest BCUT2D eigenvalue weighted by atomic mass is 16.2. The lowest BCUT2D eigenvalue weighted by molar-refractivity contribution is -0.132. The van der Waals surface area contributed by atoms with Crippen LogP contribution >= 0.6 is 0 Å². The van der Waals surface area contributed by atoms with Crippen molar-refractivity contribution < 1.29 is 9.59 Å². The van der Waals surface area contributed by atoms with Crippen molar-refractivity contribution in [3.8, 4) is 0 Å². The van der Waals surface area contributed by atoms with E-state index >= 15 is 0 Å². The Morgan fingerprint density at radius 1 is 1.06 bits per heavy atom. The lowest BCUT2D eigenvalue weighted by Gasteiger charge is -2.32. The number of pyridine rings is 2. The lowest BCUT2D eigenvalue weighted by atomic mass is 9.90. The van der Waals surface area contributed by atoms with Crippen LogP contribution in [0.4, 0.5) is 4.79 Å². The van der Waals surface area contributed by atoms with Crippen LogP contribution in [0, 0.1) is 5.92 Å². The standard InChI is InChI=1S/C24H31N5O2/c1-2-3-23(30)28-10-7-18(8-11-28)12-19-4-5-22(26-13-19)15-27-24(31)29-16-20-6-9-25-14-21(20)17-29/h4-6,9,13-14,18H,2-3,7-8,10-12,15-17H2,1H3,(H,27,31). The molecule has 1 fully saturated rings. The molecule has 0 saturated carbocycles. The Morgan fingerprint density at radius 2 is 1.87 bits per heavy atom. The SMILES string of the molecule is CCCC(=O)N1CCC(Cc2ccc(CNC(=O)N3Cc4ccncc4C3)nc2)CC1. The summed E-state index contributed by atoms with van der Waals surface area (Å²) in [6.45, 7) is 5.44. The number of likely N-dealkylation sites (tertiary alicyclic amines) is 1. The highest BCUT2D eigenvalue weighted by Gasteiger charge is 2.24. The summed E-state index contributed by atoms with van der Waals surface area (Å²) in [5, 5.41) is 2.97. The molecule has 2 aromatic rings. The van der Waals surface area contributed by atoms with Gasteiger partial charge in [0.05, 0.1) is 12.2 Å². The van der Waals surface area contributed by atoms with Crippen molar-refractivity contribution in [1.82, 2.24) is 25.1 Å². The molecule has 0 unspecified atom stereocenters. The fourth-order valence-electron chi connectivity index (χ4n) is 4.41. The van der Waals surface area contributed by atoms with Crippen LogP contribution in [-0.4, -0.2) is 44.8 Å². The van der Waals surface area contributed by atoms with Crippen LogP contribution in [0.1, 0.15) is 55.0 Å². The number of fused-ring (bicyclic) bond motifs is 1. The number of piperidine rings is 1. The van der Waals surface area contributed by atoms with E-state index in [9.17, 15) is 9.59 Å². The molecule has 31 heavy (non-hydrogen) atoms. The first-order chi connectivity index (χ1) is 15.1. The number of nitrogens with zero attached hydrogens (tertiary/aromatic N) is 4. The van der Waals surface area contributed by atoms with E-state index in [4.69, 9.17) is 0 Å². The molecule has 2 aliphatic rings. The molecule has 4 rings (SSSR count). The van der Waals surface area contributed by atoms with E-state index in [2.05, 4.69) is 28.3 Å². The van der Waals surface area contributed by atoms with Gasteiger partial charge in [0.1, 0.15) is 0 Å². The first-order valence-electron chi connectivity index (χ1n) is 11.3. The zero-order valence-electron chi connectivity index (χ0n) is 18.2. The largest absolute Gasteiger partial charge is 0.343 e. The molecule has 3 amide bonds. The fourth-order valence-corrected chi connectivity index (χ4v) is 4.41. The summed E-state index contributed by atoms with van der Waals surface area (Å²) in [6, 6.07) is 6.00. The lowest BCUT2D eigenvalue weighted by Crippen LogP contribution is -2.38. The van der Waals surface area contributed by atoms with Gasteiger partial charge in [-0.15, -0.1) is 0 Å². The predicted octanol–water partition coefficient (Wildman–Crippen LogP) is 3.28. The summed E-state index contributed by atoms with van der Waals surface area (Å²) in [5.74, 6) is 0.896. The van der Waals surface area contributed by atoms with Gasteiger partial charge in [0.25, 0.3) is 0 Å². The quantitative estimate of drug-likeness (QED) is 0.776. The van der Waals surface area contributed by atoms with Gasteiger partial charge in [-0.3, -0.25) is 14.8 Å². The number of carbonyl (C=O) groups is 2. The topological polar surface area (TPSA) is 78.4 Å². The van der Waals surface area contributed by atoms with Crippen LogP contribution in [0.3, 0.4) is 0 Å². The van der Waals surface area contributed by atoms with Crippen LogP contribution < -0.4 is 5.32 Å². The third-order valence-corrected chi connectivity index (χ3v) is 6.28. The molecular formula is C24H31N5O2. The maximum Gasteiger partial charge on any atom is 0.318 e. The zero-order chi connectivity index (χ0) is 21.6. The summed E-state index contributed by atoms with van der Waals surface area (Å²) >= 11 is 0. The fraction of sp³-hybridized carbons (Fsp3) is 0.500. The normalized spacial score (nSPS) is 16.3. The van der Waals surface area contributed by atoms with Crippen LogP contribution in [0.5, 0.6) is 0 Å². The molecule has 0 aromatic carbocycles. The number of amides is 3. The minimum absolute atomic E-state index is 0.0774. The van der Waals surface area contributed by atoms with Gasteiger partial charge in [-0.2, -0.15) is 0 Å². The second-order valence-electron chi connectivity index (χ2n) is 8.60. The van der Waals surface area contributed by atoms with Gasteiger partial charge in [0.2, 0.25) is 5.91 Å². The molecule has 7 heteroatoms. The van der Waals surface area contributed by atoms with Crippen LogP contribution in [-0.2, 0) is 30.8 Å². The van der Waals surface area contributed by atoms with Crippen molar-refractivity contribution >= 4 is 11.9 Å². The van der Waals surface area contributed by atoms with E-state index in [0.717, 1.165) is 55.6 Å². The van der Waals surface area contributed by atoms with E-state index in [0.29, 0.717) is 37.9 Å². The van der Waals surface area contributed by atoms with Gasteiger partial charge in [-0.05, 0) is 60.4 Å². The average molecular weight is 422 g/mol. The van der Waals surface area contributed by atoms with Crippen molar-refractivity contribution in [2.75, 3.05) is 13.1 Å². The third kappa shape index (κ3) is 5.40. The van der Waals surface area contributed by atoms with Crippen LogP contribution in [0.15, 0.2) is 36.8 Å². The molecule has 0 radical (unpaired) electrons. The second kappa shape index (κ2) is 9.90. The maximum absolute atomic E-state index is 12.5. The number of rotatable bonds is 6. The Labute approximate surface area is 183 Å². The minimum Gasteiger partial charge on any atom is -0.343 e. The second-order valence-corrected chi connectivity index (χ2v) is 8.60. The summed E-state index contributed by atoms with van der Waals surface area (Å²) < 4.78 is 0. The molecule has 2 aromatic heterocycles. The summed E-state index contributed by atoms with van der Waals surface area (Å²) in [6.07, 6.45) is 10.2. The van der Waals surface area contributed by atoms with Crippen molar-refractivity contribution in [3.05, 3.63) is 59.2 Å². The first-order valence-corrected chi connectivity index (χ1v) is 11.3. The molecule has 0 spiro atoms. The molecule has 0 bridgehead atoms. The predicted molar refractivity (Wildman–Crippen MR) is 118 cm³/mol. The first kappa shape index (κ1) is 21.3. The van der Waals surface area contributed by atoms with E-state index in [-0.39, 0.29) is 6.03 Å². The average Bonchev–Trinajstić information content (AvgIpc) is 3.23. The summed E-state index contributed by atoms with van der Waals surface area (Å²) in [7, 11) is 0. The molecule has 0 atom stereocenters. The number of hydrogen-bond acceptors (Lipinski definition) is 4. The van der Waals surface area contributed by atoms with Gasteiger partial charge in [-0.25, -0.2) is 4.79 Å². The van der Waals surface area contributed by atoms with Crippen molar-refractivity contribution in [1.29, 1.82) is 0 Å². The Hall–Kier alpha value is -2.96. The van der Waals surface area contributed by atoms with E-state index in [1.807, 2.05) is 29.4 Å². The van der Waals surface area contributed by atoms with Crippen LogP contribution in [0.25, 0.3) is 0 Å². The third-order valence-electron chi connectivity index (χ3n) is 6.28. The molecule has 0 aliphatic carbocycles. The Balaban J connectivity index is 1.20. The van der Waals surface area contributed by atoms with Crippen molar-refractivity contribution in [3.63, 3.8) is 0 Å². The highest BCUT2D eigenvalue weighted by molar-refractivity contribution is 5.76. The number of carbonyl (C=O) groups excluding carboxylic acids is 2. The van der Waals surface area contributed by atoms with Crippen LogP contribution in [0.2, 0.25) is 0 Å². The molecule has 1 saturated heterocycles. The highest BCUT2D eigenvalue weighted by Crippen LogP contribution is 2.23. The smallest absolute Gasteiger partial charge is 0.318 e. The summed E-state index contributed by atoms with van der Waals surface area (Å²) in [5.41, 5.74) is 4.35. The minimum atomic E-state index is -0.0774. The van der Waals surface area contributed by atoms with Gasteiger partial charge >= 0.3 is 6.03 Å². The van der Waals surface area contributed by atoms with E-state index in [1.54, 1.807) is 11.1 Å². The molecule has 7 nitrogen and oxygen atoms in total. The van der Waals surface area contributed by atoms with E-state index < -0.39 is 0 Å². The van der Waals surface area contributed by atoms with Gasteiger partial charge in [-0.1, -0.05) is 13.0 Å². The Kier molecular flexibility index (Phi) is 6.79. The van der Waals surface area contributed by atoms with Crippen molar-refractivity contribution in [2.45, 2.75) is 58.7 Å². The number of hydrogen-bond donors (Lipinski definition) is 1. The molecule has 2 aliphatic heterocycles. The van der Waals surface area contributed by atoms with Gasteiger partial charge in [0.15, 0.2) is 0 Å². The number of urea groups is 1. The molecule has 164 valence electrons. The summed E-state index contributed by atoms with van der Waals surface area (Å²) in [4.78, 5) is 37.0. The monoisotopic (exact) mass is 421 g/mol. The molecular weight excluding hydrogens is 390 g/mol.